The maximum atomic E-state index is 13.6. The number of Topliss-reactive ketones (excluding diaryl/α,β-unsaturated/α-hetero) is 1. The molecule has 0 saturated carbocycles. The second-order valence-electron chi connectivity index (χ2n) is 10.9. The number of carbonyl (C=O) groups is 1. The molecule has 1 atom stereocenters. The molecule has 2 aliphatic rings. The molecular weight excluding hydrogens is 554 g/mol. The van der Waals surface area contributed by atoms with Gasteiger partial charge in [0.25, 0.3) is 0 Å². The predicted octanol–water partition coefficient (Wildman–Crippen LogP) is 6.56. The molecule has 0 radical (unpaired) electrons. The summed E-state index contributed by atoms with van der Waals surface area (Å²) in [6.45, 7) is 5.51. The minimum atomic E-state index is -0.532. The molecule has 0 amide bonds. The summed E-state index contributed by atoms with van der Waals surface area (Å²) in [5.74, 6) is 0.596. The van der Waals surface area contributed by atoms with Gasteiger partial charge < -0.3 is 20.1 Å². The van der Waals surface area contributed by atoms with Gasteiger partial charge in [-0.05, 0) is 61.8 Å². The summed E-state index contributed by atoms with van der Waals surface area (Å²) < 4.78 is 12.3. The zero-order valence-corrected chi connectivity index (χ0v) is 24.0. The van der Waals surface area contributed by atoms with Crippen molar-refractivity contribution in [2.24, 2.45) is 11.1 Å². The van der Waals surface area contributed by atoms with Gasteiger partial charge >= 0.3 is 0 Å². The van der Waals surface area contributed by atoms with Crippen LogP contribution in [-0.2, 0) is 16.1 Å². The normalized spacial score (nSPS) is 18.8. The van der Waals surface area contributed by atoms with Crippen molar-refractivity contribution >= 4 is 32.5 Å². The van der Waals surface area contributed by atoms with Crippen LogP contribution in [-0.4, -0.2) is 30.9 Å². The monoisotopic (exact) mass is 585 g/mol. The van der Waals surface area contributed by atoms with Crippen molar-refractivity contribution in [3.8, 4) is 11.8 Å². The Morgan fingerprint density at radius 3 is 2.64 bits per heavy atom. The number of hydrogen-bond acceptors (Lipinski definition) is 6. The molecule has 1 aliphatic carbocycles. The molecule has 2 N–H and O–H groups in total. The van der Waals surface area contributed by atoms with Crippen molar-refractivity contribution in [1.29, 1.82) is 5.26 Å². The van der Waals surface area contributed by atoms with Crippen LogP contribution in [0.1, 0.15) is 43.7 Å². The third kappa shape index (κ3) is 5.19. The Hall–Kier alpha value is -3.60. The molecule has 0 fully saturated rings. The first-order valence-corrected chi connectivity index (χ1v) is 13.8. The first-order valence-electron chi connectivity index (χ1n) is 13.1. The smallest absolute Gasteiger partial charge is 0.162 e. The van der Waals surface area contributed by atoms with Crippen LogP contribution < -0.4 is 10.5 Å². The largest absolute Gasteiger partial charge is 0.488 e. The van der Waals surface area contributed by atoms with E-state index in [9.17, 15) is 10.1 Å². The molecular formula is C32H32BrN3O3. The Morgan fingerprint density at radius 1 is 1.13 bits per heavy atom. The van der Waals surface area contributed by atoms with Gasteiger partial charge in [-0.2, -0.15) is 5.26 Å². The van der Waals surface area contributed by atoms with Crippen LogP contribution in [0.5, 0.6) is 5.75 Å². The lowest BCUT2D eigenvalue weighted by molar-refractivity contribution is -0.118. The zero-order valence-electron chi connectivity index (χ0n) is 22.5. The first-order chi connectivity index (χ1) is 18.7. The summed E-state index contributed by atoms with van der Waals surface area (Å²) >= 11 is 3.68. The van der Waals surface area contributed by atoms with E-state index in [4.69, 9.17) is 15.2 Å². The van der Waals surface area contributed by atoms with Crippen LogP contribution in [0, 0.1) is 16.7 Å². The van der Waals surface area contributed by atoms with E-state index in [1.807, 2.05) is 41.3 Å². The van der Waals surface area contributed by atoms with Crippen molar-refractivity contribution < 1.29 is 14.3 Å². The fraction of sp³-hybridized carbons (Fsp3) is 0.312. The van der Waals surface area contributed by atoms with E-state index in [1.54, 1.807) is 7.11 Å². The molecule has 0 aromatic heterocycles. The highest BCUT2D eigenvalue weighted by Gasteiger charge is 2.44. The van der Waals surface area contributed by atoms with Crippen molar-refractivity contribution in [1.82, 2.24) is 4.90 Å². The molecule has 5 rings (SSSR count). The van der Waals surface area contributed by atoms with Crippen LogP contribution in [0.15, 0.2) is 87.8 Å². The molecule has 6 nitrogen and oxygen atoms in total. The Kier molecular flexibility index (Phi) is 7.53. The summed E-state index contributed by atoms with van der Waals surface area (Å²) in [6.07, 6.45) is 1.12. The molecule has 1 aliphatic heterocycles. The number of fused-ring (bicyclic) bond motifs is 1. The molecule has 200 valence electrons. The Bertz CT molecular complexity index is 1540. The third-order valence-electron chi connectivity index (χ3n) is 7.56. The van der Waals surface area contributed by atoms with Crippen molar-refractivity contribution in [3.63, 3.8) is 0 Å². The van der Waals surface area contributed by atoms with Gasteiger partial charge in [0, 0.05) is 31.3 Å². The van der Waals surface area contributed by atoms with E-state index < -0.39 is 5.92 Å². The number of allylic oxidation sites excluding steroid dienone is 3. The lowest BCUT2D eigenvalue weighted by Gasteiger charge is -2.43. The number of rotatable bonds is 7. The fourth-order valence-electron chi connectivity index (χ4n) is 5.73. The Morgan fingerprint density at radius 2 is 1.90 bits per heavy atom. The standard InChI is InChI=1S/C32H32BrN3O3/c1-32(2)16-26-30(27(37)17-32)29(24(18-34)31(35)36(26)13-14-38-3)21-11-12-28(25(33)15-21)39-19-22-9-6-8-20-7-4-5-10-23(20)22/h4-12,15,29H,13-14,16-17,19,35H2,1-3H3/t29-/m0/s1. The predicted molar refractivity (Wildman–Crippen MR) is 156 cm³/mol. The number of ketones is 1. The van der Waals surface area contributed by atoms with Crippen molar-refractivity contribution in [2.45, 2.75) is 39.2 Å². The topological polar surface area (TPSA) is 88.6 Å². The number of nitriles is 1. The summed E-state index contributed by atoms with van der Waals surface area (Å²) in [5.41, 5.74) is 10.3. The number of carbonyl (C=O) groups excluding carboxylic acids is 1. The number of nitrogens with two attached hydrogens (primary N) is 1. The van der Waals surface area contributed by atoms with Crippen LogP contribution in [0.3, 0.4) is 0 Å². The van der Waals surface area contributed by atoms with Gasteiger partial charge in [0.05, 0.1) is 28.6 Å². The van der Waals surface area contributed by atoms with E-state index in [2.05, 4.69) is 60.1 Å². The fourth-order valence-corrected chi connectivity index (χ4v) is 6.24. The average molecular weight is 587 g/mol. The van der Waals surface area contributed by atoms with E-state index in [0.717, 1.165) is 26.7 Å². The maximum absolute atomic E-state index is 13.6. The minimum Gasteiger partial charge on any atom is -0.488 e. The van der Waals surface area contributed by atoms with Gasteiger partial charge in [-0.15, -0.1) is 0 Å². The van der Waals surface area contributed by atoms with Gasteiger partial charge in [0.15, 0.2) is 5.78 Å². The Labute approximate surface area is 237 Å². The third-order valence-corrected chi connectivity index (χ3v) is 8.18. The maximum Gasteiger partial charge on any atom is 0.162 e. The highest BCUT2D eigenvalue weighted by Crippen LogP contribution is 2.49. The van der Waals surface area contributed by atoms with E-state index in [-0.39, 0.29) is 11.2 Å². The Balaban J connectivity index is 1.50. The van der Waals surface area contributed by atoms with Gasteiger partial charge in [0.1, 0.15) is 18.2 Å². The first kappa shape index (κ1) is 27.0. The number of halogens is 1. The highest BCUT2D eigenvalue weighted by atomic mass is 79.9. The summed E-state index contributed by atoms with van der Waals surface area (Å²) in [4.78, 5) is 15.5. The number of ether oxygens (including phenoxy) is 2. The number of nitrogens with zero attached hydrogens (tertiary/aromatic N) is 2. The van der Waals surface area contributed by atoms with E-state index in [0.29, 0.717) is 55.3 Å². The van der Waals surface area contributed by atoms with Gasteiger partial charge in [-0.3, -0.25) is 4.79 Å². The lowest BCUT2D eigenvalue weighted by atomic mass is 9.68. The molecule has 0 bridgehead atoms. The summed E-state index contributed by atoms with van der Waals surface area (Å²) in [5, 5.41) is 12.5. The molecule has 39 heavy (non-hydrogen) atoms. The van der Waals surface area contributed by atoms with E-state index in [1.165, 1.54) is 5.39 Å². The van der Waals surface area contributed by atoms with Gasteiger partial charge in [-0.1, -0.05) is 62.4 Å². The number of methoxy groups -OCH3 is 1. The van der Waals surface area contributed by atoms with Crippen LogP contribution in [0.2, 0.25) is 0 Å². The molecule has 3 aromatic rings. The summed E-state index contributed by atoms with van der Waals surface area (Å²) in [6, 6.07) is 22.5. The average Bonchev–Trinajstić information content (AvgIpc) is 2.91. The molecule has 0 saturated heterocycles. The highest BCUT2D eigenvalue weighted by molar-refractivity contribution is 9.10. The molecule has 0 unspecified atom stereocenters. The molecule has 3 aromatic carbocycles. The molecule has 0 spiro atoms. The zero-order chi connectivity index (χ0) is 27.7. The number of hydrogen-bond donors (Lipinski definition) is 1. The number of benzene rings is 3. The molecule has 1 heterocycles. The van der Waals surface area contributed by atoms with Crippen LogP contribution in [0.25, 0.3) is 10.8 Å². The lowest BCUT2D eigenvalue weighted by Crippen LogP contribution is -2.43. The summed E-state index contributed by atoms with van der Waals surface area (Å²) in [7, 11) is 1.63. The minimum absolute atomic E-state index is 0.0568. The second kappa shape index (κ2) is 10.9. The molecule has 7 heteroatoms. The van der Waals surface area contributed by atoms with Crippen molar-refractivity contribution in [2.75, 3.05) is 20.3 Å². The van der Waals surface area contributed by atoms with Crippen molar-refractivity contribution in [3.05, 3.63) is 98.9 Å². The van der Waals surface area contributed by atoms with Gasteiger partial charge in [0.2, 0.25) is 0 Å². The SMILES string of the molecule is COCCN1C(N)=C(C#N)[C@H](c2ccc(OCc3cccc4ccccc34)c(Br)c2)C2=C1CC(C)(C)CC2=O. The van der Waals surface area contributed by atoms with Crippen LogP contribution >= 0.6 is 15.9 Å². The van der Waals surface area contributed by atoms with Gasteiger partial charge in [-0.25, -0.2) is 0 Å². The second-order valence-corrected chi connectivity index (χ2v) is 11.8. The van der Waals surface area contributed by atoms with E-state index >= 15 is 0 Å². The van der Waals surface area contributed by atoms with Crippen LogP contribution in [0.4, 0.5) is 0 Å². The quantitative estimate of drug-likeness (QED) is 0.337.